The molecule has 0 aliphatic carbocycles. The lowest BCUT2D eigenvalue weighted by atomic mass is 10.2. The van der Waals surface area contributed by atoms with Gasteiger partial charge in [-0.1, -0.05) is 17.7 Å². The van der Waals surface area contributed by atoms with Gasteiger partial charge in [0.25, 0.3) is 0 Å². The first kappa shape index (κ1) is 13.1. The van der Waals surface area contributed by atoms with Crippen LogP contribution in [0.5, 0.6) is 0 Å². The zero-order valence-electron chi connectivity index (χ0n) is 10.2. The first-order chi connectivity index (χ1) is 8.52. The molecule has 2 aromatic rings. The van der Waals surface area contributed by atoms with Crippen LogP contribution in [0.2, 0.25) is 5.02 Å². The van der Waals surface area contributed by atoms with Crippen molar-refractivity contribution < 1.29 is 9.50 Å². The maximum atomic E-state index is 13.1. The number of aromatic nitrogens is 2. The van der Waals surface area contributed by atoms with Gasteiger partial charge in [0.15, 0.2) is 0 Å². The van der Waals surface area contributed by atoms with E-state index in [-0.39, 0.29) is 11.6 Å². The number of aliphatic hydroxyl groups excluding tert-OH is 1. The Morgan fingerprint density at radius 2 is 2.11 bits per heavy atom. The van der Waals surface area contributed by atoms with Crippen molar-refractivity contribution in [3.8, 4) is 0 Å². The maximum Gasteiger partial charge on any atom is 0.141 e. The van der Waals surface area contributed by atoms with Crippen LogP contribution < -0.4 is 0 Å². The zero-order valence-corrected chi connectivity index (χ0v) is 11.0. The van der Waals surface area contributed by atoms with Crippen molar-refractivity contribution in [2.24, 2.45) is 0 Å². The van der Waals surface area contributed by atoms with Crippen molar-refractivity contribution in [2.45, 2.75) is 27.0 Å². The largest absolute Gasteiger partial charge is 0.392 e. The third-order valence-corrected chi connectivity index (χ3v) is 3.30. The molecule has 2 rings (SSSR count). The first-order valence-corrected chi connectivity index (χ1v) is 5.98. The molecule has 0 radical (unpaired) electrons. The molecule has 0 bridgehead atoms. The van der Waals surface area contributed by atoms with Crippen molar-refractivity contribution in [2.75, 3.05) is 0 Å². The summed E-state index contributed by atoms with van der Waals surface area (Å²) in [5.74, 6) is -0.426. The minimum atomic E-state index is -0.426. The summed E-state index contributed by atoms with van der Waals surface area (Å²) >= 11 is 5.74. The van der Waals surface area contributed by atoms with Crippen molar-refractivity contribution >= 4 is 11.6 Å². The standard InChI is InChI=1S/C13H14ClFN2O/c1-8-11(7-18)9(2)17(16-8)6-10-3-4-13(15)12(14)5-10/h3-5,18H,6-7H2,1-2H3. The lowest BCUT2D eigenvalue weighted by molar-refractivity contribution is 0.280. The molecular weight excluding hydrogens is 255 g/mol. The Bertz CT molecular complexity index is 581. The third-order valence-electron chi connectivity index (χ3n) is 3.01. The smallest absolute Gasteiger partial charge is 0.141 e. The number of aliphatic hydroxyl groups is 1. The van der Waals surface area contributed by atoms with E-state index in [9.17, 15) is 9.50 Å². The molecule has 3 nitrogen and oxygen atoms in total. The molecule has 1 aromatic carbocycles. The average molecular weight is 269 g/mol. The molecule has 0 amide bonds. The molecule has 18 heavy (non-hydrogen) atoms. The van der Waals surface area contributed by atoms with Crippen LogP contribution in [0.1, 0.15) is 22.5 Å². The van der Waals surface area contributed by atoms with Gasteiger partial charge in [0, 0.05) is 11.3 Å². The van der Waals surface area contributed by atoms with Crippen LogP contribution in [-0.4, -0.2) is 14.9 Å². The highest BCUT2D eigenvalue weighted by atomic mass is 35.5. The van der Waals surface area contributed by atoms with Gasteiger partial charge in [0.05, 0.1) is 23.9 Å². The van der Waals surface area contributed by atoms with Gasteiger partial charge >= 0.3 is 0 Å². The van der Waals surface area contributed by atoms with E-state index in [1.165, 1.54) is 6.07 Å². The first-order valence-electron chi connectivity index (χ1n) is 5.60. The molecule has 1 aromatic heterocycles. The Hall–Kier alpha value is -1.39. The third kappa shape index (κ3) is 2.40. The topological polar surface area (TPSA) is 38.0 Å². The van der Waals surface area contributed by atoms with Crippen LogP contribution in [0.3, 0.4) is 0 Å². The second kappa shape index (κ2) is 5.08. The fraction of sp³-hybridized carbons (Fsp3) is 0.308. The van der Waals surface area contributed by atoms with E-state index in [0.29, 0.717) is 6.54 Å². The van der Waals surface area contributed by atoms with E-state index in [1.807, 2.05) is 13.8 Å². The lowest BCUT2D eigenvalue weighted by Crippen LogP contribution is -2.04. The van der Waals surface area contributed by atoms with E-state index in [0.717, 1.165) is 22.5 Å². The summed E-state index contributed by atoms with van der Waals surface area (Å²) in [6.45, 7) is 4.23. The molecular formula is C13H14ClFN2O. The summed E-state index contributed by atoms with van der Waals surface area (Å²) in [4.78, 5) is 0. The molecule has 0 saturated heterocycles. The zero-order chi connectivity index (χ0) is 13.3. The van der Waals surface area contributed by atoms with Gasteiger partial charge in [0.2, 0.25) is 0 Å². The molecule has 0 aliphatic rings. The highest BCUT2D eigenvalue weighted by Crippen LogP contribution is 2.19. The van der Waals surface area contributed by atoms with Crippen molar-refractivity contribution in [1.29, 1.82) is 0 Å². The van der Waals surface area contributed by atoms with Gasteiger partial charge in [-0.3, -0.25) is 4.68 Å². The summed E-state index contributed by atoms with van der Waals surface area (Å²) in [5.41, 5.74) is 3.43. The molecule has 1 N–H and O–H groups in total. The summed E-state index contributed by atoms with van der Waals surface area (Å²) in [6.07, 6.45) is 0. The lowest BCUT2D eigenvalue weighted by Gasteiger charge is -2.06. The molecule has 1 heterocycles. The minimum absolute atomic E-state index is 0.0260. The fourth-order valence-corrected chi connectivity index (χ4v) is 2.13. The predicted molar refractivity (Wildman–Crippen MR) is 68.1 cm³/mol. The molecule has 0 spiro atoms. The number of rotatable bonds is 3. The van der Waals surface area contributed by atoms with Crippen LogP contribution in [0.4, 0.5) is 4.39 Å². The van der Waals surface area contributed by atoms with Gasteiger partial charge in [-0.2, -0.15) is 5.10 Å². The number of hydrogen-bond acceptors (Lipinski definition) is 2. The second-order valence-electron chi connectivity index (χ2n) is 4.21. The molecule has 0 aliphatic heterocycles. The quantitative estimate of drug-likeness (QED) is 0.930. The van der Waals surface area contributed by atoms with Crippen LogP contribution in [-0.2, 0) is 13.2 Å². The van der Waals surface area contributed by atoms with Crippen molar-refractivity contribution in [1.82, 2.24) is 9.78 Å². The van der Waals surface area contributed by atoms with E-state index in [1.54, 1.807) is 16.8 Å². The number of benzene rings is 1. The van der Waals surface area contributed by atoms with Crippen LogP contribution >= 0.6 is 11.6 Å². The van der Waals surface area contributed by atoms with Crippen molar-refractivity contribution in [3.63, 3.8) is 0 Å². The van der Waals surface area contributed by atoms with Crippen LogP contribution in [0.15, 0.2) is 18.2 Å². The molecule has 0 unspecified atom stereocenters. The van der Waals surface area contributed by atoms with Crippen LogP contribution in [0, 0.1) is 19.7 Å². The maximum absolute atomic E-state index is 13.1. The Morgan fingerprint density at radius 1 is 1.39 bits per heavy atom. The number of halogens is 2. The summed E-state index contributed by atoms with van der Waals surface area (Å²) in [7, 11) is 0. The molecule has 5 heteroatoms. The SMILES string of the molecule is Cc1nn(Cc2ccc(F)c(Cl)c2)c(C)c1CO. The van der Waals surface area contributed by atoms with Crippen molar-refractivity contribution in [3.05, 3.63) is 51.6 Å². The summed E-state index contributed by atoms with van der Waals surface area (Å²) < 4.78 is 14.8. The van der Waals surface area contributed by atoms with Gasteiger partial charge in [-0.15, -0.1) is 0 Å². The highest BCUT2D eigenvalue weighted by molar-refractivity contribution is 6.30. The van der Waals surface area contributed by atoms with E-state index in [4.69, 9.17) is 11.6 Å². The Kier molecular flexibility index (Phi) is 3.68. The van der Waals surface area contributed by atoms with E-state index in [2.05, 4.69) is 5.10 Å². The van der Waals surface area contributed by atoms with Gasteiger partial charge in [-0.25, -0.2) is 4.39 Å². The minimum Gasteiger partial charge on any atom is -0.392 e. The number of nitrogens with zero attached hydrogens (tertiary/aromatic N) is 2. The Morgan fingerprint density at radius 3 is 2.67 bits per heavy atom. The van der Waals surface area contributed by atoms with Gasteiger partial charge in [-0.05, 0) is 31.5 Å². The number of hydrogen-bond donors (Lipinski definition) is 1. The molecule has 96 valence electrons. The number of aryl methyl sites for hydroxylation is 1. The van der Waals surface area contributed by atoms with E-state index >= 15 is 0 Å². The average Bonchev–Trinajstić information content (AvgIpc) is 2.59. The highest BCUT2D eigenvalue weighted by Gasteiger charge is 2.11. The monoisotopic (exact) mass is 268 g/mol. The second-order valence-corrected chi connectivity index (χ2v) is 4.62. The summed E-state index contributed by atoms with van der Waals surface area (Å²) in [5, 5.41) is 13.7. The Balaban J connectivity index is 2.31. The summed E-state index contributed by atoms with van der Waals surface area (Å²) in [6, 6.07) is 4.61. The van der Waals surface area contributed by atoms with Gasteiger partial charge in [0.1, 0.15) is 5.82 Å². The van der Waals surface area contributed by atoms with Gasteiger partial charge < -0.3 is 5.11 Å². The molecule has 0 atom stereocenters. The fourth-order valence-electron chi connectivity index (χ4n) is 1.93. The van der Waals surface area contributed by atoms with E-state index < -0.39 is 5.82 Å². The molecule has 0 fully saturated rings. The van der Waals surface area contributed by atoms with Crippen LogP contribution in [0.25, 0.3) is 0 Å². The molecule has 0 saturated carbocycles. The Labute approximate surface area is 110 Å². The normalized spacial score (nSPS) is 10.9. The predicted octanol–water partition coefficient (Wildman–Crippen LogP) is 2.83.